The highest BCUT2D eigenvalue weighted by Crippen LogP contribution is 2.06. The molecule has 2 N–H and O–H groups in total. The summed E-state index contributed by atoms with van der Waals surface area (Å²) in [6.07, 6.45) is 4.60. The molecule has 0 aromatic carbocycles. The van der Waals surface area contributed by atoms with Crippen molar-refractivity contribution in [2.24, 2.45) is 0 Å². The monoisotopic (exact) mass is 302 g/mol. The average molecular weight is 302 g/mol. The standard InChI is InChI=1S/C12H22N4O3S/c1-3-5-7-19-8-6-16-20(17,18)11-9-14-12(13-4-2)15-10-11/h9-10,16H,3-8H2,1-2H3,(H,13,14,15). The normalized spacial score (nSPS) is 11.5. The fourth-order valence-corrected chi connectivity index (χ4v) is 2.29. The fourth-order valence-electron chi connectivity index (χ4n) is 1.38. The lowest BCUT2D eigenvalue weighted by Crippen LogP contribution is -2.27. The zero-order valence-electron chi connectivity index (χ0n) is 11.9. The summed E-state index contributed by atoms with van der Waals surface area (Å²) in [5.74, 6) is 0.411. The third-order valence-corrected chi connectivity index (χ3v) is 3.87. The van der Waals surface area contributed by atoms with Crippen molar-refractivity contribution < 1.29 is 13.2 Å². The number of rotatable bonds is 10. The van der Waals surface area contributed by atoms with Gasteiger partial charge >= 0.3 is 0 Å². The zero-order valence-corrected chi connectivity index (χ0v) is 12.7. The second kappa shape index (κ2) is 8.83. The largest absolute Gasteiger partial charge is 0.380 e. The molecular formula is C12H22N4O3S. The highest BCUT2D eigenvalue weighted by molar-refractivity contribution is 7.89. The van der Waals surface area contributed by atoms with Crippen LogP contribution < -0.4 is 10.0 Å². The number of hydrogen-bond donors (Lipinski definition) is 2. The van der Waals surface area contributed by atoms with E-state index in [0.717, 1.165) is 12.8 Å². The van der Waals surface area contributed by atoms with Gasteiger partial charge in [-0.1, -0.05) is 13.3 Å². The first-order valence-corrected chi connectivity index (χ1v) is 8.21. The van der Waals surface area contributed by atoms with E-state index in [-0.39, 0.29) is 11.4 Å². The molecule has 0 bridgehead atoms. The molecule has 8 heteroatoms. The molecule has 0 aliphatic carbocycles. The lowest BCUT2D eigenvalue weighted by molar-refractivity contribution is 0.136. The van der Waals surface area contributed by atoms with Crippen LogP contribution in [-0.4, -0.2) is 44.7 Å². The van der Waals surface area contributed by atoms with Gasteiger partial charge in [0.05, 0.1) is 19.0 Å². The number of aromatic nitrogens is 2. The molecule has 1 aromatic rings. The van der Waals surface area contributed by atoms with E-state index in [9.17, 15) is 8.42 Å². The first kappa shape index (κ1) is 16.8. The summed E-state index contributed by atoms with van der Waals surface area (Å²) >= 11 is 0. The van der Waals surface area contributed by atoms with Gasteiger partial charge in [-0.3, -0.25) is 0 Å². The SMILES string of the molecule is CCCCOCCNS(=O)(=O)c1cnc(NCC)nc1. The topological polar surface area (TPSA) is 93.2 Å². The minimum absolute atomic E-state index is 0.0488. The van der Waals surface area contributed by atoms with Crippen LogP contribution in [-0.2, 0) is 14.8 Å². The number of nitrogens with one attached hydrogen (secondary N) is 2. The van der Waals surface area contributed by atoms with Crippen LogP contribution >= 0.6 is 0 Å². The van der Waals surface area contributed by atoms with Gasteiger partial charge in [0.15, 0.2) is 0 Å². The molecule has 0 aliphatic heterocycles. The summed E-state index contributed by atoms with van der Waals surface area (Å²) in [6.45, 7) is 5.91. The molecule has 0 fully saturated rings. The van der Waals surface area contributed by atoms with Gasteiger partial charge in [0.25, 0.3) is 0 Å². The molecule has 20 heavy (non-hydrogen) atoms. The van der Waals surface area contributed by atoms with Crippen LogP contribution in [0.25, 0.3) is 0 Å². The molecule has 0 saturated heterocycles. The van der Waals surface area contributed by atoms with Crippen molar-refractivity contribution in [1.29, 1.82) is 0 Å². The van der Waals surface area contributed by atoms with Crippen molar-refractivity contribution in [2.45, 2.75) is 31.6 Å². The molecule has 0 aliphatic rings. The summed E-state index contributed by atoms with van der Waals surface area (Å²) in [5.41, 5.74) is 0. The summed E-state index contributed by atoms with van der Waals surface area (Å²) in [4.78, 5) is 7.91. The third kappa shape index (κ3) is 5.81. The Balaban J connectivity index is 2.43. The van der Waals surface area contributed by atoms with Crippen molar-refractivity contribution in [3.63, 3.8) is 0 Å². The average Bonchev–Trinajstić information content (AvgIpc) is 2.44. The highest BCUT2D eigenvalue weighted by atomic mass is 32.2. The van der Waals surface area contributed by atoms with E-state index in [4.69, 9.17) is 4.74 Å². The molecule has 0 unspecified atom stereocenters. The Labute approximate surface area is 120 Å². The number of anilines is 1. The van der Waals surface area contributed by atoms with Crippen LogP contribution in [0.2, 0.25) is 0 Å². The van der Waals surface area contributed by atoms with Gasteiger partial charge < -0.3 is 10.1 Å². The van der Waals surface area contributed by atoms with E-state index in [2.05, 4.69) is 26.9 Å². The van der Waals surface area contributed by atoms with E-state index in [1.54, 1.807) is 0 Å². The minimum atomic E-state index is -3.57. The van der Waals surface area contributed by atoms with Gasteiger partial charge in [-0.15, -0.1) is 0 Å². The predicted octanol–water partition coefficient (Wildman–Crippen LogP) is 1.00. The van der Waals surface area contributed by atoms with Crippen molar-refractivity contribution in [1.82, 2.24) is 14.7 Å². The van der Waals surface area contributed by atoms with Crippen LogP contribution in [0.5, 0.6) is 0 Å². The highest BCUT2D eigenvalue weighted by Gasteiger charge is 2.14. The van der Waals surface area contributed by atoms with Gasteiger partial charge in [0.1, 0.15) is 4.90 Å². The molecule has 0 radical (unpaired) electrons. The van der Waals surface area contributed by atoms with E-state index in [1.807, 2.05) is 6.92 Å². The Morgan fingerprint density at radius 2 is 1.90 bits per heavy atom. The number of ether oxygens (including phenoxy) is 1. The van der Waals surface area contributed by atoms with Crippen LogP contribution in [0.1, 0.15) is 26.7 Å². The van der Waals surface area contributed by atoms with Gasteiger partial charge in [-0.05, 0) is 13.3 Å². The predicted molar refractivity (Wildman–Crippen MR) is 77.1 cm³/mol. The first-order chi connectivity index (χ1) is 9.60. The Hall–Kier alpha value is -1.25. The third-order valence-electron chi connectivity index (χ3n) is 2.45. The van der Waals surface area contributed by atoms with E-state index in [1.165, 1.54) is 12.4 Å². The van der Waals surface area contributed by atoms with Gasteiger partial charge in [0, 0.05) is 19.7 Å². The Morgan fingerprint density at radius 3 is 2.50 bits per heavy atom. The minimum Gasteiger partial charge on any atom is -0.380 e. The molecule has 7 nitrogen and oxygen atoms in total. The van der Waals surface area contributed by atoms with Gasteiger partial charge in [-0.25, -0.2) is 23.1 Å². The Bertz CT molecular complexity index is 476. The van der Waals surface area contributed by atoms with E-state index in [0.29, 0.717) is 25.7 Å². The molecule has 1 rings (SSSR count). The molecule has 0 spiro atoms. The summed E-state index contributed by atoms with van der Waals surface area (Å²) in [7, 11) is -3.57. The number of nitrogens with zero attached hydrogens (tertiary/aromatic N) is 2. The maximum absolute atomic E-state index is 11.9. The summed E-state index contributed by atoms with van der Waals surface area (Å²) in [5, 5.41) is 2.90. The van der Waals surface area contributed by atoms with Crippen molar-refractivity contribution in [3.8, 4) is 0 Å². The Morgan fingerprint density at radius 1 is 1.20 bits per heavy atom. The molecule has 1 heterocycles. The summed E-state index contributed by atoms with van der Waals surface area (Å²) < 4.78 is 31.6. The van der Waals surface area contributed by atoms with Crippen LogP contribution in [0.15, 0.2) is 17.3 Å². The second-order valence-corrected chi connectivity index (χ2v) is 5.90. The van der Waals surface area contributed by atoms with Crippen molar-refractivity contribution in [2.75, 3.05) is 31.6 Å². The second-order valence-electron chi connectivity index (χ2n) is 4.14. The van der Waals surface area contributed by atoms with Crippen LogP contribution in [0.4, 0.5) is 5.95 Å². The van der Waals surface area contributed by atoms with Crippen molar-refractivity contribution >= 4 is 16.0 Å². The molecular weight excluding hydrogens is 280 g/mol. The maximum Gasteiger partial charge on any atom is 0.243 e. The van der Waals surface area contributed by atoms with Crippen LogP contribution in [0, 0.1) is 0 Å². The van der Waals surface area contributed by atoms with E-state index < -0.39 is 10.0 Å². The van der Waals surface area contributed by atoms with Crippen LogP contribution in [0.3, 0.4) is 0 Å². The molecule has 0 atom stereocenters. The lowest BCUT2D eigenvalue weighted by atomic mass is 10.4. The molecule has 0 amide bonds. The quantitative estimate of drug-likeness (QED) is 0.626. The zero-order chi connectivity index (χ0) is 14.8. The van der Waals surface area contributed by atoms with Crippen molar-refractivity contribution in [3.05, 3.63) is 12.4 Å². The number of sulfonamides is 1. The summed E-state index contributed by atoms with van der Waals surface area (Å²) in [6, 6.07) is 0. The fraction of sp³-hybridized carbons (Fsp3) is 0.667. The smallest absolute Gasteiger partial charge is 0.243 e. The maximum atomic E-state index is 11.9. The molecule has 0 saturated carbocycles. The molecule has 114 valence electrons. The van der Waals surface area contributed by atoms with E-state index >= 15 is 0 Å². The Kier molecular flexibility index (Phi) is 7.42. The number of unbranched alkanes of at least 4 members (excludes halogenated alkanes) is 1. The van der Waals surface area contributed by atoms with Gasteiger partial charge in [-0.2, -0.15) is 0 Å². The molecule has 1 aromatic heterocycles. The first-order valence-electron chi connectivity index (χ1n) is 6.73. The number of hydrogen-bond acceptors (Lipinski definition) is 6. The van der Waals surface area contributed by atoms with Gasteiger partial charge in [0.2, 0.25) is 16.0 Å². The lowest BCUT2D eigenvalue weighted by Gasteiger charge is -2.07.